The summed E-state index contributed by atoms with van der Waals surface area (Å²) in [4.78, 5) is 11.3. The van der Waals surface area contributed by atoms with Gasteiger partial charge in [-0.25, -0.2) is 0 Å². The molecule has 1 atom stereocenters. The van der Waals surface area contributed by atoms with Gasteiger partial charge in [-0.2, -0.15) is 0 Å². The Labute approximate surface area is 139 Å². The van der Waals surface area contributed by atoms with Gasteiger partial charge < -0.3 is 19.9 Å². The summed E-state index contributed by atoms with van der Waals surface area (Å²) in [5, 5.41) is 13.0. The maximum atomic E-state index is 11.3. The van der Waals surface area contributed by atoms with Crippen molar-refractivity contribution in [1.82, 2.24) is 5.32 Å². The summed E-state index contributed by atoms with van der Waals surface area (Å²) in [6.45, 7) is 7.10. The van der Waals surface area contributed by atoms with E-state index in [0.717, 1.165) is 24.2 Å². The van der Waals surface area contributed by atoms with Crippen molar-refractivity contribution >= 4 is 5.97 Å². The molecule has 0 aliphatic carbocycles. The maximum Gasteiger partial charge on any atom is 0.305 e. The molecule has 0 saturated carbocycles. The van der Waals surface area contributed by atoms with Crippen LogP contribution in [0.15, 0.2) is 24.3 Å². The van der Waals surface area contributed by atoms with Crippen LogP contribution in [0.3, 0.4) is 0 Å². The summed E-state index contributed by atoms with van der Waals surface area (Å²) in [6, 6.07) is 8.10. The van der Waals surface area contributed by atoms with Crippen LogP contribution >= 0.6 is 0 Å². The van der Waals surface area contributed by atoms with Crippen LogP contribution in [0.25, 0.3) is 0 Å². The van der Waals surface area contributed by atoms with Crippen molar-refractivity contribution in [1.29, 1.82) is 0 Å². The van der Waals surface area contributed by atoms with Crippen LogP contribution < -0.4 is 10.1 Å². The normalized spacial score (nSPS) is 12.2. The van der Waals surface area contributed by atoms with E-state index in [1.165, 1.54) is 0 Å². The highest BCUT2D eigenvalue weighted by Crippen LogP contribution is 2.14. The highest BCUT2D eigenvalue weighted by atomic mass is 16.5. The highest BCUT2D eigenvalue weighted by molar-refractivity contribution is 5.69. The number of aliphatic hydroxyl groups is 1. The summed E-state index contributed by atoms with van der Waals surface area (Å²) in [5.74, 6) is 0.596. The van der Waals surface area contributed by atoms with Crippen molar-refractivity contribution in [2.75, 3.05) is 19.8 Å². The fourth-order valence-corrected chi connectivity index (χ4v) is 2.05. The first-order valence-corrected chi connectivity index (χ1v) is 8.30. The van der Waals surface area contributed by atoms with Crippen molar-refractivity contribution in [3.05, 3.63) is 29.8 Å². The average Bonchev–Trinajstić information content (AvgIpc) is 2.52. The number of carbonyl (C=O) groups excluding carboxylic acids is 1. The second-order valence-corrected chi connectivity index (χ2v) is 5.83. The van der Waals surface area contributed by atoms with Crippen LogP contribution in [0, 0.1) is 0 Å². The van der Waals surface area contributed by atoms with E-state index < -0.39 is 6.10 Å². The van der Waals surface area contributed by atoms with Crippen molar-refractivity contribution in [3.8, 4) is 5.75 Å². The smallest absolute Gasteiger partial charge is 0.305 e. The minimum absolute atomic E-state index is 0.142. The van der Waals surface area contributed by atoms with Gasteiger partial charge in [0.15, 0.2) is 0 Å². The van der Waals surface area contributed by atoms with Gasteiger partial charge in [0, 0.05) is 19.0 Å². The van der Waals surface area contributed by atoms with E-state index in [2.05, 4.69) is 5.32 Å². The number of rotatable bonds is 11. The molecule has 23 heavy (non-hydrogen) atoms. The number of esters is 1. The molecule has 0 heterocycles. The fraction of sp³-hybridized carbons (Fsp3) is 0.611. The molecular formula is C18H29NO4. The molecule has 1 aromatic carbocycles. The van der Waals surface area contributed by atoms with Gasteiger partial charge in [-0.05, 0) is 37.5 Å². The van der Waals surface area contributed by atoms with E-state index in [1.54, 1.807) is 0 Å². The molecule has 0 aliphatic heterocycles. The summed E-state index contributed by atoms with van der Waals surface area (Å²) >= 11 is 0. The molecule has 0 fully saturated rings. The third-order valence-corrected chi connectivity index (χ3v) is 3.28. The van der Waals surface area contributed by atoms with Crippen molar-refractivity contribution < 1.29 is 19.4 Å². The van der Waals surface area contributed by atoms with Crippen molar-refractivity contribution in [3.63, 3.8) is 0 Å². The van der Waals surface area contributed by atoms with Gasteiger partial charge in [0.25, 0.3) is 0 Å². The Morgan fingerprint density at radius 3 is 2.57 bits per heavy atom. The van der Waals surface area contributed by atoms with E-state index in [9.17, 15) is 9.90 Å². The van der Waals surface area contributed by atoms with Crippen LogP contribution in [-0.2, 0) is 16.0 Å². The molecule has 0 aromatic heterocycles. The highest BCUT2D eigenvalue weighted by Gasteiger charge is 2.06. The maximum absolute atomic E-state index is 11.3. The molecule has 0 spiro atoms. The number of hydrogen-bond acceptors (Lipinski definition) is 5. The largest absolute Gasteiger partial charge is 0.491 e. The molecule has 2 N–H and O–H groups in total. The third kappa shape index (κ3) is 9.21. The number of benzene rings is 1. The zero-order chi connectivity index (χ0) is 17.1. The van der Waals surface area contributed by atoms with Crippen LogP contribution in [0.2, 0.25) is 0 Å². The molecular weight excluding hydrogens is 294 g/mol. The van der Waals surface area contributed by atoms with Crippen molar-refractivity contribution in [2.24, 2.45) is 0 Å². The molecule has 0 radical (unpaired) electrons. The second kappa shape index (κ2) is 11.0. The van der Waals surface area contributed by atoms with Crippen molar-refractivity contribution in [2.45, 2.75) is 52.2 Å². The number of nitrogens with one attached hydrogen (secondary N) is 1. The van der Waals surface area contributed by atoms with Gasteiger partial charge in [-0.15, -0.1) is 0 Å². The molecule has 0 aliphatic rings. The van der Waals surface area contributed by atoms with Gasteiger partial charge in [0.1, 0.15) is 18.5 Å². The van der Waals surface area contributed by atoms with E-state index in [1.807, 2.05) is 45.0 Å². The van der Waals surface area contributed by atoms with Crippen LogP contribution in [0.4, 0.5) is 0 Å². The van der Waals surface area contributed by atoms with Gasteiger partial charge in [0.05, 0.1) is 6.61 Å². The quantitative estimate of drug-likeness (QED) is 0.612. The number of ether oxygens (including phenoxy) is 2. The zero-order valence-electron chi connectivity index (χ0n) is 14.4. The molecule has 5 nitrogen and oxygen atoms in total. The van der Waals surface area contributed by atoms with Gasteiger partial charge in [-0.1, -0.05) is 26.0 Å². The summed E-state index contributed by atoms with van der Waals surface area (Å²) < 4.78 is 10.5. The molecule has 1 unspecified atom stereocenters. The average molecular weight is 323 g/mol. The van der Waals surface area contributed by atoms with E-state index in [4.69, 9.17) is 9.47 Å². The first-order valence-electron chi connectivity index (χ1n) is 8.30. The summed E-state index contributed by atoms with van der Waals surface area (Å²) in [7, 11) is 0. The predicted molar refractivity (Wildman–Crippen MR) is 90.7 cm³/mol. The monoisotopic (exact) mass is 323 g/mol. The minimum Gasteiger partial charge on any atom is -0.491 e. The van der Waals surface area contributed by atoms with Crippen LogP contribution in [0.1, 0.15) is 39.2 Å². The topological polar surface area (TPSA) is 67.8 Å². The Balaban J connectivity index is 2.26. The Morgan fingerprint density at radius 2 is 1.96 bits per heavy atom. The minimum atomic E-state index is -0.526. The third-order valence-electron chi connectivity index (χ3n) is 3.28. The van der Waals surface area contributed by atoms with E-state index in [-0.39, 0.29) is 12.6 Å². The number of aryl methyl sites for hydroxylation is 1. The lowest BCUT2D eigenvalue weighted by Crippen LogP contribution is -2.35. The zero-order valence-corrected chi connectivity index (χ0v) is 14.4. The number of carbonyl (C=O) groups is 1. The molecule has 0 bridgehead atoms. The van der Waals surface area contributed by atoms with E-state index >= 15 is 0 Å². The fourth-order valence-electron chi connectivity index (χ4n) is 2.05. The number of aliphatic hydroxyl groups excluding tert-OH is 1. The lowest BCUT2D eigenvalue weighted by atomic mass is 10.1. The Morgan fingerprint density at radius 1 is 1.26 bits per heavy atom. The molecule has 1 rings (SSSR count). The molecule has 5 heteroatoms. The van der Waals surface area contributed by atoms with Gasteiger partial charge >= 0.3 is 5.97 Å². The van der Waals surface area contributed by atoms with Gasteiger partial charge in [-0.3, -0.25) is 4.79 Å². The lowest BCUT2D eigenvalue weighted by Gasteiger charge is -2.15. The SMILES string of the molecule is CCOC(=O)CCCc1ccc(OCC(O)CNC(C)C)cc1. The standard InChI is InChI=1S/C18H29NO4/c1-4-22-18(21)7-5-6-15-8-10-17(11-9-15)23-13-16(20)12-19-14(2)3/h8-11,14,16,19-20H,4-7,12-13H2,1-3H3. The predicted octanol–water partition coefficient (Wildman–Crippen LogP) is 2.31. The Hall–Kier alpha value is -1.59. The Kier molecular flexibility index (Phi) is 9.33. The Bertz CT molecular complexity index is 445. The summed E-state index contributed by atoms with van der Waals surface area (Å²) in [5.41, 5.74) is 1.16. The van der Waals surface area contributed by atoms with Crippen LogP contribution in [0.5, 0.6) is 5.75 Å². The first kappa shape index (κ1) is 19.5. The molecule has 1 aromatic rings. The molecule has 0 saturated heterocycles. The summed E-state index contributed by atoms with van der Waals surface area (Å²) in [6.07, 6.45) is 1.53. The van der Waals surface area contributed by atoms with Gasteiger partial charge in [0.2, 0.25) is 0 Å². The van der Waals surface area contributed by atoms with Crippen LogP contribution in [-0.4, -0.2) is 43.0 Å². The molecule has 0 amide bonds. The first-order chi connectivity index (χ1) is 11.0. The second-order valence-electron chi connectivity index (χ2n) is 5.83. The lowest BCUT2D eigenvalue weighted by molar-refractivity contribution is -0.143. The van der Waals surface area contributed by atoms with E-state index in [0.29, 0.717) is 25.6 Å². The molecule has 130 valence electrons. The number of hydrogen-bond donors (Lipinski definition) is 2.